The van der Waals surface area contributed by atoms with E-state index < -0.39 is 11.9 Å². The number of thiophene rings is 1. The molecule has 0 fully saturated rings. The number of unbranched alkanes of at least 4 members (excludes halogenated alkanes) is 3. The Balaban J connectivity index is 1.90. The van der Waals surface area contributed by atoms with Gasteiger partial charge in [0, 0.05) is 4.88 Å². The number of benzene rings is 1. The van der Waals surface area contributed by atoms with Crippen molar-refractivity contribution in [2.45, 2.75) is 39.0 Å². The number of aromatic carboxylic acids is 1. The van der Waals surface area contributed by atoms with E-state index in [0.29, 0.717) is 10.6 Å². The van der Waals surface area contributed by atoms with Gasteiger partial charge in [-0.05, 0) is 49.2 Å². The third-order valence-corrected chi connectivity index (χ3v) is 4.50. The van der Waals surface area contributed by atoms with Crippen molar-refractivity contribution in [3.63, 3.8) is 0 Å². The molecule has 0 spiro atoms. The average Bonchev–Trinajstić information content (AvgIpc) is 2.99. The molecule has 0 amide bonds. The Kier molecular flexibility index (Phi) is 6.35. The first kappa shape index (κ1) is 17.2. The first-order valence-corrected chi connectivity index (χ1v) is 8.56. The van der Waals surface area contributed by atoms with Gasteiger partial charge in [0.05, 0.1) is 11.1 Å². The molecule has 1 heterocycles. The third-order valence-electron chi connectivity index (χ3n) is 3.47. The lowest BCUT2D eigenvalue weighted by atomic mass is 10.1. The van der Waals surface area contributed by atoms with Crippen LogP contribution in [0.3, 0.4) is 0 Å². The second-order valence-corrected chi connectivity index (χ2v) is 6.43. The van der Waals surface area contributed by atoms with Gasteiger partial charge in [0.25, 0.3) is 0 Å². The van der Waals surface area contributed by atoms with Gasteiger partial charge in [0.1, 0.15) is 0 Å². The van der Waals surface area contributed by atoms with Crippen molar-refractivity contribution < 1.29 is 19.4 Å². The van der Waals surface area contributed by atoms with Crippen LogP contribution < -0.4 is 4.74 Å². The normalized spacial score (nSPS) is 10.5. The molecule has 0 saturated heterocycles. The number of carboxylic acids is 1. The summed E-state index contributed by atoms with van der Waals surface area (Å²) in [7, 11) is 0. The molecule has 1 aromatic carbocycles. The predicted molar refractivity (Wildman–Crippen MR) is 90.5 cm³/mol. The van der Waals surface area contributed by atoms with Crippen LogP contribution in [0.15, 0.2) is 36.4 Å². The summed E-state index contributed by atoms with van der Waals surface area (Å²) >= 11 is 1.48. The Labute approximate surface area is 139 Å². The van der Waals surface area contributed by atoms with Crippen molar-refractivity contribution in [1.82, 2.24) is 0 Å². The van der Waals surface area contributed by atoms with E-state index in [1.807, 2.05) is 12.1 Å². The highest BCUT2D eigenvalue weighted by Crippen LogP contribution is 2.26. The minimum atomic E-state index is -1.02. The van der Waals surface area contributed by atoms with Crippen molar-refractivity contribution in [2.75, 3.05) is 0 Å². The van der Waals surface area contributed by atoms with Gasteiger partial charge < -0.3 is 9.84 Å². The van der Waals surface area contributed by atoms with Crippen molar-refractivity contribution in [3.8, 4) is 5.06 Å². The van der Waals surface area contributed by atoms with Crippen LogP contribution in [-0.2, 0) is 6.42 Å². The van der Waals surface area contributed by atoms with Gasteiger partial charge in [-0.15, -0.1) is 11.3 Å². The number of carboxylic acid groups (broad SMARTS) is 1. The highest BCUT2D eigenvalue weighted by atomic mass is 32.1. The SMILES string of the molecule is CCCCCCc1ccc(OC(=O)c2ccc(C(=O)O)cc2)s1. The number of carbonyl (C=O) groups excluding carboxylic acids is 1. The lowest BCUT2D eigenvalue weighted by molar-refractivity contribution is 0.0692. The van der Waals surface area contributed by atoms with Crippen molar-refractivity contribution in [3.05, 3.63) is 52.4 Å². The second-order valence-electron chi connectivity index (χ2n) is 5.30. The monoisotopic (exact) mass is 332 g/mol. The smallest absolute Gasteiger partial charge is 0.344 e. The quantitative estimate of drug-likeness (QED) is 0.558. The molecule has 0 radical (unpaired) electrons. The first-order valence-electron chi connectivity index (χ1n) is 7.74. The molecule has 122 valence electrons. The van der Waals surface area contributed by atoms with E-state index in [-0.39, 0.29) is 5.56 Å². The van der Waals surface area contributed by atoms with Gasteiger partial charge in [-0.3, -0.25) is 0 Å². The summed E-state index contributed by atoms with van der Waals surface area (Å²) in [4.78, 5) is 24.0. The largest absolute Gasteiger partial charge is 0.478 e. The number of aryl methyl sites for hydroxylation is 1. The summed E-state index contributed by atoms with van der Waals surface area (Å²) in [5.41, 5.74) is 0.486. The molecule has 0 saturated carbocycles. The zero-order chi connectivity index (χ0) is 16.7. The summed E-state index contributed by atoms with van der Waals surface area (Å²) in [5, 5.41) is 9.41. The van der Waals surface area contributed by atoms with E-state index >= 15 is 0 Å². The molecule has 0 unspecified atom stereocenters. The van der Waals surface area contributed by atoms with E-state index in [0.717, 1.165) is 12.8 Å². The summed E-state index contributed by atoms with van der Waals surface area (Å²) in [5.74, 6) is -1.49. The first-order chi connectivity index (χ1) is 11.1. The number of hydrogen-bond donors (Lipinski definition) is 1. The topological polar surface area (TPSA) is 63.6 Å². The molecule has 0 aliphatic carbocycles. The number of carbonyl (C=O) groups is 2. The molecule has 1 aromatic heterocycles. The van der Waals surface area contributed by atoms with Gasteiger partial charge in [-0.2, -0.15) is 0 Å². The van der Waals surface area contributed by atoms with E-state index in [9.17, 15) is 9.59 Å². The van der Waals surface area contributed by atoms with Crippen molar-refractivity contribution in [1.29, 1.82) is 0 Å². The van der Waals surface area contributed by atoms with Crippen LogP contribution in [0.5, 0.6) is 5.06 Å². The van der Waals surface area contributed by atoms with Crippen LogP contribution >= 0.6 is 11.3 Å². The fraction of sp³-hybridized carbons (Fsp3) is 0.333. The number of esters is 1. The molecule has 23 heavy (non-hydrogen) atoms. The molecule has 0 atom stereocenters. The van der Waals surface area contributed by atoms with Crippen LogP contribution in [0, 0.1) is 0 Å². The summed E-state index contributed by atoms with van der Waals surface area (Å²) < 4.78 is 5.34. The van der Waals surface area contributed by atoms with Crippen LogP contribution in [0.4, 0.5) is 0 Å². The minimum Gasteiger partial charge on any atom is -0.478 e. The van der Waals surface area contributed by atoms with E-state index in [1.165, 1.54) is 59.7 Å². The van der Waals surface area contributed by atoms with E-state index in [2.05, 4.69) is 6.92 Å². The number of hydrogen-bond acceptors (Lipinski definition) is 4. The van der Waals surface area contributed by atoms with Gasteiger partial charge in [0.15, 0.2) is 5.06 Å². The Morgan fingerprint density at radius 3 is 2.35 bits per heavy atom. The summed E-state index contributed by atoms with van der Waals surface area (Å²) in [6.07, 6.45) is 5.85. The third kappa shape index (κ3) is 5.21. The van der Waals surface area contributed by atoms with E-state index in [1.54, 1.807) is 0 Å². The van der Waals surface area contributed by atoms with Gasteiger partial charge >= 0.3 is 11.9 Å². The predicted octanol–water partition coefficient (Wildman–Crippen LogP) is 4.79. The van der Waals surface area contributed by atoms with Gasteiger partial charge in [-0.25, -0.2) is 9.59 Å². The van der Waals surface area contributed by atoms with Crippen LogP contribution in [0.2, 0.25) is 0 Å². The second kappa shape index (κ2) is 8.48. The maximum absolute atomic E-state index is 12.0. The fourth-order valence-electron chi connectivity index (χ4n) is 2.17. The lowest BCUT2D eigenvalue weighted by Gasteiger charge is -2.02. The maximum Gasteiger partial charge on any atom is 0.344 e. The zero-order valence-corrected chi connectivity index (χ0v) is 13.9. The van der Waals surface area contributed by atoms with E-state index in [4.69, 9.17) is 9.84 Å². The van der Waals surface area contributed by atoms with Crippen LogP contribution in [0.25, 0.3) is 0 Å². The Morgan fingerprint density at radius 1 is 1.00 bits per heavy atom. The van der Waals surface area contributed by atoms with Gasteiger partial charge in [0.2, 0.25) is 0 Å². The Bertz CT molecular complexity index is 658. The Hall–Kier alpha value is -2.14. The summed E-state index contributed by atoms with van der Waals surface area (Å²) in [6, 6.07) is 9.52. The molecule has 0 aliphatic rings. The zero-order valence-electron chi connectivity index (χ0n) is 13.1. The molecule has 1 N–H and O–H groups in total. The number of rotatable bonds is 8. The van der Waals surface area contributed by atoms with Crippen LogP contribution in [-0.4, -0.2) is 17.0 Å². The molecule has 0 aliphatic heterocycles. The molecule has 4 nitrogen and oxygen atoms in total. The average molecular weight is 332 g/mol. The lowest BCUT2D eigenvalue weighted by Crippen LogP contribution is -2.08. The molecule has 2 rings (SSSR count). The van der Waals surface area contributed by atoms with Crippen molar-refractivity contribution >= 4 is 23.3 Å². The standard InChI is InChI=1S/C18H20O4S/c1-2-3-4-5-6-15-11-12-16(23-15)22-18(21)14-9-7-13(8-10-14)17(19)20/h7-12H,2-6H2,1H3,(H,19,20). The van der Waals surface area contributed by atoms with Crippen LogP contribution in [0.1, 0.15) is 58.2 Å². The molecule has 5 heteroatoms. The van der Waals surface area contributed by atoms with Crippen molar-refractivity contribution in [2.24, 2.45) is 0 Å². The maximum atomic E-state index is 12.0. The fourth-order valence-corrected chi connectivity index (χ4v) is 3.07. The highest BCUT2D eigenvalue weighted by Gasteiger charge is 2.11. The Morgan fingerprint density at radius 2 is 1.70 bits per heavy atom. The van der Waals surface area contributed by atoms with Gasteiger partial charge in [-0.1, -0.05) is 26.2 Å². The molecule has 0 bridgehead atoms. The molecule has 2 aromatic rings. The minimum absolute atomic E-state index is 0.145. The summed E-state index contributed by atoms with van der Waals surface area (Å²) in [6.45, 7) is 2.19. The molecular weight excluding hydrogens is 312 g/mol. The molecular formula is C18H20O4S. The number of ether oxygens (including phenoxy) is 1. The highest BCUT2D eigenvalue weighted by molar-refractivity contribution is 7.13.